The lowest BCUT2D eigenvalue weighted by molar-refractivity contribution is 0.199. The summed E-state index contributed by atoms with van der Waals surface area (Å²) in [4.78, 5) is 6.42. The highest BCUT2D eigenvalue weighted by Gasteiger charge is 2.16. The highest BCUT2D eigenvalue weighted by Crippen LogP contribution is 2.29. The molecule has 0 saturated carbocycles. The third-order valence-electron chi connectivity index (χ3n) is 3.55. The summed E-state index contributed by atoms with van der Waals surface area (Å²) in [6.07, 6.45) is 1.22. The van der Waals surface area contributed by atoms with Crippen molar-refractivity contribution in [2.45, 2.75) is 26.0 Å². The van der Waals surface area contributed by atoms with Crippen LogP contribution in [0.25, 0.3) is 0 Å². The summed E-state index contributed by atoms with van der Waals surface area (Å²) in [5, 5.41) is 10.4. The standard InChI is InChI=1S/C16H19ClN2O/c1-11(14-6-4-5-7-15(14)17)19(3)16-10-13(12(2)20)8-9-18-16/h4-12,20H,1-3H3/t11?,12-/m0/s1. The van der Waals surface area contributed by atoms with Gasteiger partial charge in [0, 0.05) is 18.3 Å². The number of hydrogen-bond donors (Lipinski definition) is 1. The van der Waals surface area contributed by atoms with Gasteiger partial charge in [0.15, 0.2) is 0 Å². The first-order valence-electron chi connectivity index (χ1n) is 6.62. The van der Waals surface area contributed by atoms with Crippen LogP contribution in [0.3, 0.4) is 0 Å². The van der Waals surface area contributed by atoms with Crippen LogP contribution in [0, 0.1) is 0 Å². The maximum Gasteiger partial charge on any atom is 0.129 e. The predicted octanol–water partition coefficient (Wildman–Crippen LogP) is 3.99. The maximum atomic E-state index is 9.66. The van der Waals surface area contributed by atoms with E-state index in [4.69, 9.17) is 11.6 Å². The molecule has 1 aromatic heterocycles. The van der Waals surface area contributed by atoms with E-state index in [0.717, 1.165) is 22.0 Å². The van der Waals surface area contributed by atoms with Crippen molar-refractivity contribution in [1.82, 2.24) is 4.98 Å². The second-order valence-corrected chi connectivity index (χ2v) is 5.34. The fourth-order valence-corrected chi connectivity index (χ4v) is 2.40. The summed E-state index contributed by atoms with van der Waals surface area (Å²) < 4.78 is 0. The van der Waals surface area contributed by atoms with E-state index in [1.54, 1.807) is 13.1 Å². The van der Waals surface area contributed by atoms with Crippen LogP contribution < -0.4 is 4.90 Å². The molecule has 0 saturated heterocycles. The molecule has 106 valence electrons. The van der Waals surface area contributed by atoms with Gasteiger partial charge in [-0.3, -0.25) is 0 Å². The molecule has 1 unspecified atom stereocenters. The van der Waals surface area contributed by atoms with Crippen molar-refractivity contribution >= 4 is 17.4 Å². The topological polar surface area (TPSA) is 36.4 Å². The highest BCUT2D eigenvalue weighted by molar-refractivity contribution is 6.31. The Bertz CT molecular complexity index is 586. The average molecular weight is 291 g/mol. The van der Waals surface area contributed by atoms with Crippen molar-refractivity contribution in [3.05, 3.63) is 58.7 Å². The molecule has 0 radical (unpaired) electrons. The summed E-state index contributed by atoms with van der Waals surface area (Å²) in [6.45, 7) is 3.83. The molecule has 1 heterocycles. The van der Waals surface area contributed by atoms with Crippen molar-refractivity contribution in [2.75, 3.05) is 11.9 Å². The van der Waals surface area contributed by atoms with Gasteiger partial charge in [0.05, 0.1) is 12.1 Å². The molecule has 1 N–H and O–H groups in total. The van der Waals surface area contributed by atoms with Gasteiger partial charge in [0.2, 0.25) is 0 Å². The molecule has 2 atom stereocenters. The number of halogens is 1. The SMILES string of the molecule is CC(c1ccccc1Cl)N(C)c1cc([C@H](C)O)ccn1. The lowest BCUT2D eigenvalue weighted by Crippen LogP contribution is -2.23. The van der Waals surface area contributed by atoms with E-state index in [1.165, 1.54) is 0 Å². The van der Waals surface area contributed by atoms with Crippen molar-refractivity contribution in [3.63, 3.8) is 0 Å². The van der Waals surface area contributed by atoms with Crippen molar-refractivity contribution in [1.29, 1.82) is 0 Å². The molecule has 0 aliphatic heterocycles. The largest absolute Gasteiger partial charge is 0.389 e. The molecule has 0 amide bonds. The van der Waals surface area contributed by atoms with Crippen LogP contribution in [0.1, 0.15) is 37.1 Å². The molecule has 0 aliphatic carbocycles. The molecule has 4 heteroatoms. The van der Waals surface area contributed by atoms with Crippen LogP contribution in [-0.4, -0.2) is 17.1 Å². The molecular weight excluding hydrogens is 272 g/mol. The van der Waals surface area contributed by atoms with E-state index in [1.807, 2.05) is 48.3 Å². The van der Waals surface area contributed by atoms with Gasteiger partial charge in [0.1, 0.15) is 5.82 Å². The third kappa shape index (κ3) is 3.11. The lowest BCUT2D eigenvalue weighted by Gasteiger charge is -2.27. The molecule has 0 fully saturated rings. The molecule has 2 rings (SSSR count). The molecule has 2 aromatic rings. The normalized spacial score (nSPS) is 13.8. The van der Waals surface area contributed by atoms with Gasteiger partial charge in [-0.15, -0.1) is 0 Å². The highest BCUT2D eigenvalue weighted by atomic mass is 35.5. The first-order valence-corrected chi connectivity index (χ1v) is 6.99. The Balaban J connectivity index is 2.29. The molecule has 20 heavy (non-hydrogen) atoms. The molecule has 1 aromatic carbocycles. The van der Waals surface area contributed by atoms with E-state index >= 15 is 0 Å². The zero-order chi connectivity index (χ0) is 14.7. The van der Waals surface area contributed by atoms with Gasteiger partial charge in [-0.1, -0.05) is 29.8 Å². The van der Waals surface area contributed by atoms with Crippen LogP contribution in [0.4, 0.5) is 5.82 Å². The number of hydrogen-bond acceptors (Lipinski definition) is 3. The minimum Gasteiger partial charge on any atom is -0.389 e. The number of aromatic nitrogens is 1. The zero-order valence-corrected chi connectivity index (χ0v) is 12.7. The Morgan fingerprint density at radius 1 is 1.20 bits per heavy atom. The summed E-state index contributed by atoms with van der Waals surface area (Å²) >= 11 is 6.25. The number of pyridine rings is 1. The Morgan fingerprint density at radius 2 is 1.90 bits per heavy atom. The van der Waals surface area contributed by atoms with E-state index in [9.17, 15) is 5.11 Å². The number of rotatable bonds is 4. The van der Waals surface area contributed by atoms with Crippen LogP contribution in [0.5, 0.6) is 0 Å². The van der Waals surface area contributed by atoms with E-state index < -0.39 is 6.10 Å². The Hall–Kier alpha value is -1.58. The molecule has 3 nitrogen and oxygen atoms in total. The molecule has 0 aliphatic rings. The molecular formula is C16H19ClN2O. The third-order valence-corrected chi connectivity index (χ3v) is 3.89. The quantitative estimate of drug-likeness (QED) is 0.925. The monoisotopic (exact) mass is 290 g/mol. The van der Waals surface area contributed by atoms with Crippen molar-refractivity contribution < 1.29 is 5.11 Å². The Labute approximate surface area is 124 Å². The van der Waals surface area contributed by atoms with Gasteiger partial charge >= 0.3 is 0 Å². The van der Waals surface area contributed by atoms with E-state index in [0.29, 0.717) is 0 Å². The number of aliphatic hydroxyl groups is 1. The van der Waals surface area contributed by atoms with Gasteiger partial charge in [-0.05, 0) is 43.2 Å². The van der Waals surface area contributed by atoms with Crippen molar-refractivity contribution in [2.24, 2.45) is 0 Å². The minimum absolute atomic E-state index is 0.0976. The molecule has 0 bridgehead atoms. The van der Waals surface area contributed by atoms with E-state index in [2.05, 4.69) is 11.9 Å². The average Bonchev–Trinajstić information content (AvgIpc) is 2.46. The first kappa shape index (κ1) is 14.8. The number of benzene rings is 1. The fourth-order valence-electron chi connectivity index (χ4n) is 2.11. The zero-order valence-electron chi connectivity index (χ0n) is 11.9. The van der Waals surface area contributed by atoms with Gasteiger partial charge in [0.25, 0.3) is 0 Å². The lowest BCUT2D eigenvalue weighted by atomic mass is 10.1. The summed E-state index contributed by atoms with van der Waals surface area (Å²) in [5.74, 6) is 0.816. The summed E-state index contributed by atoms with van der Waals surface area (Å²) in [7, 11) is 1.97. The number of anilines is 1. The smallest absolute Gasteiger partial charge is 0.129 e. The van der Waals surface area contributed by atoms with Gasteiger partial charge in [-0.2, -0.15) is 0 Å². The summed E-state index contributed by atoms with van der Waals surface area (Å²) in [5.41, 5.74) is 1.91. The van der Waals surface area contributed by atoms with Gasteiger partial charge in [-0.25, -0.2) is 4.98 Å². The van der Waals surface area contributed by atoms with Crippen LogP contribution in [0.15, 0.2) is 42.6 Å². The van der Waals surface area contributed by atoms with E-state index in [-0.39, 0.29) is 6.04 Å². The number of aliphatic hydroxyl groups excluding tert-OH is 1. The second-order valence-electron chi connectivity index (χ2n) is 4.93. The fraction of sp³-hybridized carbons (Fsp3) is 0.312. The van der Waals surface area contributed by atoms with Crippen molar-refractivity contribution in [3.8, 4) is 0 Å². The summed E-state index contributed by atoms with van der Waals surface area (Å²) in [6, 6.07) is 11.6. The van der Waals surface area contributed by atoms with Crippen LogP contribution in [-0.2, 0) is 0 Å². The maximum absolute atomic E-state index is 9.66. The van der Waals surface area contributed by atoms with Crippen LogP contribution >= 0.6 is 11.6 Å². The molecule has 0 spiro atoms. The minimum atomic E-state index is -0.499. The Kier molecular flexibility index (Phi) is 4.63. The predicted molar refractivity (Wildman–Crippen MR) is 83.1 cm³/mol. The van der Waals surface area contributed by atoms with Gasteiger partial charge < -0.3 is 10.0 Å². The van der Waals surface area contributed by atoms with Crippen LogP contribution in [0.2, 0.25) is 5.02 Å². The number of nitrogens with zero attached hydrogens (tertiary/aromatic N) is 2. The Morgan fingerprint density at radius 3 is 2.55 bits per heavy atom. The second kappa shape index (κ2) is 6.25. The first-order chi connectivity index (χ1) is 9.50.